The Morgan fingerprint density at radius 2 is 1.15 bits per heavy atom. The predicted octanol–water partition coefficient (Wildman–Crippen LogP) is 0.726. The molecule has 0 bridgehead atoms. The average Bonchev–Trinajstić information content (AvgIpc) is 2.84. The van der Waals surface area contributed by atoms with Crippen LogP contribution in [-0.4, -0.2) is 46.2 Å². The number of ketones is 1. The Balaban J connectivity index is 1.89. The highest BCUT2D eigenvalue weighted by Crippen LogP contribution is 2.40. The predicted molar refractivity (Wildman–Crippen MR) is 99.6 cm³/mol. The molecule has 0 saturated heterocycles. The molecule has 26 heavy (non-hydrogen) atoms. The molecule has 1 fully saturated rings. The van der Waals surface area contributed by atoms with Crippen molar-refractivity contribution in [1.82, 2.24) is 0 Å². The molecule has 1 saturated carbocycles. The number of benzene rings is 2. The van der Waals surface area contributed by atoms with E-state index in [2.05, 4.69) is 0 Å². The molecule has 2 aromatic rings. The quantitative estimate of drug-likeness (QED) is 0.811. The first-order valence-corrected chi connectivity index (χ1v) is 8.71. The van der Waals surface area contributed by atoms with Crippen LogP contribution in [0.3, 0.4) is 0 Å². The topological polar surface area (TPSA) is 69.7 Å². The summed E-state index contributed by atoms with van der Waals surface area (Å²) in [5.74, 6) is -2.21. The molecule has 138 valence electrons. The number of carbonyl (C=O) groups is 1. The molecule has 5 heteroatoms. The van der Waals surface area contributed by atoms with Crippen molar-refractivity contribution in [3.8, 4) is 0 Å². The van der Waals surface area contributed by atoms with Gasteiger partial charge < -0.3 is 24.8 Å². The van der Waals surface area contributed by atoms with E-state index >= 15 is 0 Å². The lowest BCUT2D eigenvalue weighted by Gasteiger charge is -2.33. The Morgan fingerprint density at radius 3 is 1.58 bits per heavy atom. The smallest absolute Gasteiger partial charge is 0.126 e. The Kier molecular flexibility index (Phi) is 5.03. The summed E-state index contributed by atoms with van der Waals surface area (Å²) in [7, 11) is 7.70. The fraction of sp³-hybridized carbons (Fsp3) is 0.381. The van der Waals surface area contributed by atoms with Crippen LogP contribution < -0.4 is 20.0 Å². The van der Waals surface area contributed by atoms with Gasteiger partial charge in [-0.05, 0) is 41.3 Å². The summed E-state index contributed by atoms with van der Waals surface area (Å²) in [5.41, 5.74) is 3.25. The molecule has 2 aromatic carbocycles. The average molecular weight is 352 g/mol. The van der Waals surface area contributed by atoms with Gasteiger partial charge in [-0.15, -0.1) is 6.10 Å². The number of anilines is 2. The Hall–Kier alpha value is -2.37. The van der Waals surface area contributed by atoms with E-state index < -0.39 is 29.8 Å². The molecule has 0 N–H and O–H groups in total. The van der Waals surface area contributed by atoms with Crippen LogP contribution in [0, 0.1) is 0 Å². The van der Waals surface area contributed by atoms with Gasteiger partial charge in [-0.25, -0.2) is 0 Å². The van der Waals surface area contributed by atoms with Gasteiger partial charge in [0.15, 0.2) is 0 Å². The SMILES string of the molecule is CN(C)c1ccc(C2C(=O)C([O-])C(c3ccc(N(C)C)cc3)C2[O-])cc1. The first kappa shape index (κ1) is 18.4. The molecule has 4 atom stereocenters. The molecule has 0 aromatic heterocycles. The highest BCUT2D eigenvalue weighted by molar-refractivity contribution is 5.93. The van der Waals surface area contributed by atoms with Gasteiger partial charge >= 0.3 is 0 Å². The number of hydrogen-bond donors (Lipinski definition) is 0. The Bertz CT molecular complexity index is 769. The van der Waals surface area contributed by atoms with Crippen LogP contribution in [0.5, 0.6) is 0 Å². The molecule has 1 aliphatic rings. The minimum absolute atomic E-state index is 0.496. The summed E-state index contributed by atoms with van der Waals surface area (Å²) in [5, 5.41) is 25.6. The molecule has 0 aliphatic heterocycles. The van der Waals surface area contributed by atoms with Crippen molar-refractivity contribution >= 4 is 17.2 Å². The van der Waals surface area contributed by atoms with Gasteiger partial charge in [0.1, 0.15) is 5.78 Å². The highest BCUT2D eigenvalue weighted by atomic mass is 16.3. The molecule has 0 spiro atoms. The second-order valence-electron chi connectivity index (χ2n) is 7.26. The third-order valence-corrected chi connectivity index (χ3v) is 5.16. The lowest BCUT2D eigenvalue weighted by atomic mass is 9.89. The van der Waals surface area contributed by atoms with Crippen molar-refractivity contribution in [2.75, 3.05) is 38.0 Å². The number of hydrogen-bond acceptors (Lipinski definition) is 5. The highest BCUT2D eigenvalue weighted by Gasteiger charge is 2.39. The van der Waals surface area contributed by atoms with Crippen molar-refractivity contribution in [2.24, 2.45) is 0 Å². The van der Waals surface area contributed by atoms with Gasteiger partial charge in [-0.2, -0.15) is 0 Å². The van der Waals surface area contributed by atoms with Gasteiger partial charge in [0.2, 0.25) is 0 Å². The number of nitrogens with zero attached hydrogens (tertiary/aromatic N) is 2. The van der Waals surface area contributed by atoms with E-state index in [9.17, 15) is 15.0 Å². The van der Waals surface area contributed by atoms with Crippen molar-refractivity contribution in [3.63, 3.8) is 0 Å². The third-order valence-electron chi connectivity index (χ3n) is 5.16. The van der Waals surface area contributed by atoms with Gasteiger partial charge in [-0.1, -0.05) is 30.4 Å². The minimum atomic E-state index is -1.51. The maximum Gasteiger partial charge on any atom is 0.126 e. The number of Topliss-reactive ketones (excluding diaryl/α,β-unsaturated/α-hetero) is 1. The summed E-state index contributed by atoms with van der Waals surface area (Å²) >= 11 is 0. The van der Waals surface area contributed by atoms with E-state index in [1.165, 1.54) is 0 Å². The van der Waals surface area contributed by atoms with Crippen LogP contribution in [0.4, 0.5) is 11.4 Å². The van der Waals surface area contributed by atoms with Crippen molar-refractivity contribution in [3.05, 3.63) is 59.7 Å². The monoisotopic (exact) mass is 352 g/mol. The normalized spacial score (nSPS) is 25.4. The fourth-order valence-electron chi connectivity index (χ4n) is 3.59. The van der Waals surface area contributed by atoms with Crippen LogP contribution in [0.2, 0.25) is 0 Å². The minimum Gasteiger partial charge on any atom is -0.851 e. The number of carbonyl (C=O) groups excluding carboxylic acids is 1. The lowest BCUT2D eigenvalue weighted by molar-refractivity contribution is -0.451. The van der Waals surface area contributed by atoms with Crippen LogP contribution in [0.25, 0.3) is 0 Å². The van der Waals surface area contributed by atoms with E-state index in [-0.39, 0.29) is 0 Å². The Labute approximate surface area is 154 Å². The second kappa shape index (κ2) is 7.09. The molecule has 0 amide bonds. The summed E-state index contributed by atoms with van der Waals surface area (Å²) < 4.78 is 0. The van der Waals surface area contributed by atoms with E-state index in [4.69, 9.17) is 0 Å². The van der Waals surface area contributed by atoms with E-state index in [0.29, 0.717) is 11.1 Å². The zero-order chi connectivity index (χ0) is 19.0. The molecule has 4 unspecified atom stereocenters. The lowest BCUT2D eigenvalue weighted by Crippen LogP contribution is -2.39. The van der Waals surface area contributed by atoms with Crippen LogP contribution >= 0.6 is 0 Å². The molecular weight excluding hydrogens is 328 g/mol. The molecule has 5 nitrogen and oxygen atoms in total. The zero-order valence-electron chi connectivity index (χ0n) is 15.5. The number of rotatable bonds is 4. The van der Waals surface area contributed by atoms with Crippen LogP contribution in [0.1, 0.15) is 23.0 Å². The third kappa shape index (κ3) is 3.20. The maximum absolute atomic E-state index is 13.0. The second-order valence-corrected chi connectivity index (χ2v) is 7.26. The van der Waals surface area contributed by atoms with E-state index in [1.807, 2.05) is 62.3 Å². The first-order valence-electron chi connectivity index (χ1n) is 8.71. The zero-order valence-corrected chi connectivity index (χ0v) is 15.5. The fourth-order valence-corrected chi connectivity index (χ4v) is 3.59. The van der Waals surface area contributed by atoms with Gasteiger partial charge in [0.05, 0.1) is 0 Å². The summed E-state index contributed by atoms with van der Waals surface area (Å²) in [6.45, 7) is 0. The van der Waals surface area contributed by atoms with Crippen molar-refractivity contribution in [1.29, 1.82) is 0 Å². The molecule has 0 heterocycles. The summed E-state index contributed by atoms with van der Waals surface area (Å²) in [4.78, 5) is 16.5. The molecule has 0 radical (unpaired) electrons. The van der Waals surface area contributed by atoms with Crippen molar-refractivity contribution < 1.29 is 15.0 Å². The largest absolute Gasteiger partial charge is 0.851 e. The Morgan fingerprint density at radius 1 is 0.731 bits per heavy atom. The summed E-state index contributed by atoms with van der Waals surface area (Å²) in [6, 6.07) is 14.6. The van der Waals surface area contributed by atoms with Gasteiger partial charge in [0, 0.05) is 45.5 Å². The van der Waals surface area contributed by atoms with Gasteiger partial charge in [-0.3, -0.25) is 0 Å². The molecule has 1 aliphatic carbocycles. The standard InChI is InChI=1S/C21H24N2O3/c1-22(2)15-9-5-13(6-10-15)17-19(24)18(21(26)20(17)25)14-7-11-16(12-8-14)23(3)4/h5-12,17-20H,1-4H3/q-2. The molecular formula is C21H24N2O3-2. The van der Waals surface area contributed by atoms with Gasteiger partial charge in [0.25, 0.3) is 0 Å². The molecule has 3 rings (SSSR count). The summed E-state index contributed by atoms with van der Waals surface area (Å²) in [6.07, 6.45) is -2.78. The first-order chi connectivity index (χ1) is 12.3. The van der Waals surface area contributed by atoms with Crippen molar-refractivity contribution in [2.45, 2.75) is 24.0 Å². The van der Waals surface area contributed by atoms with Crippen LogP contribution in [-0.2, 0) is 4.79 Å². The van der Waals surface area contributed by atoms with Crippen LogP contribution in [0.15, 0.2) is 48.5 Å². The maximum atomic E-state index is 13.0. The van der Waals surface area contributed by atoms with E-state index in [1.54, 1.807) is 24.3 Å². The van der Waals surface area contributed by atoms with E-state index in [0.717, 1.165) is 11.4 Å².